The first kappa shape index (κ1) is 24.5. The fraction of sp³-hybridized carbons (Fsp3) is 0.160. The van der Waals surface area contributed by atoms with Gasteiger partial charge in [0, 0.05) is 23.6 Å². The maximum Gasteiger partial charge on any atom is 0.240 e. The average Bonchev–Trinajstić information content (AvgIpc) is 2.80. The number of ether oxygens (including phenoxy) is 1. The maximum absolute atomic E-state index is 12.0. The van der Waals surface area contributed by atoms with E-state index in [0.29, 0.717) is 23.1 Å². The lowest BCUT2D eigenvalue weighted by Gasteiger charge is -2.09. The summed E-state index contributed by atoms with van der Waals surface area (Å²) < 4.78 is 6.60. The number of nitrogens with zero attached hydrogens (tertiary/aromatic N) is 1. The highest BCUT2D eigenvalue weighted by atomic mass is 79.9. The zero-order chi connectivity index (χ0) is 23.6. The molecule has 0 spiro atoms. The third kappa shape index (κ3) is 8.04. The molecule has 8 heteroatoms. The second-order valence-corrected chi connectivity index (χ2v) is 8.53. The van der Waals surface area contributed by atoms with Crippen LogP contribution in [0.15, 0.2) is 76.3 Å². The molecule has 0 bridgehead atoms. The molecule has 0 aliphatic carbocycles. The lowest BCUT2D eigenvalue weighted by molar-refractivity contribution is -0.124. The van der Waals surface area contributed by atoms with Crippen LogP contribution in [0, 0.1) is 6.92 Å². The van der Waals surface area contributed by atoms with Crippen molar-refractivity contribution in [2.75, 3.05) is 5.32 Å². The van der Waals surface area contributed by atoms with E-state index in [9.17, 15) is 9.59 Å². The predicted molar refractivity (Wildman–Crippen MR) is 135 cm³/mol. The number of benzene rings is 3. The van der Waals surface area contributed by atoms with Crippen LogP contribution in [0.2, 0.25) is 5.02 Å². The third-order valence-corrected chi connectivity index (χ3v) is 5.66. The van der Waals surface area contributed by atoms with Gasteiger partial charge in [-0.3, -0.25) is 9.59 Å². The number of carbonyl (C=O) groups excluding carboxylic acids is 2. The summed E-state index contributed by atoms with van der Waals surface area (Å²) in [5.74, 6) is 0.0789. The molecule has 6 nitrogen and oxygen atoms in total. The Labute approximate surface area is 206 Å². The first-order valence-electron chi connectivity index (χ1n) is 10.2. The molecule has 3 aromatic rings. The van der Waals surface area contributed by atoms with Crippen molar-refractivity contribution in [2.45, 2.75) is 26.4 Å². The number of anilines is 1. The molecule has 0 unspecified atom stereocenters. The Kier molecular flexibility index (Phi) is 9.04. The summed E-state index contributed by atoms with van der Waals surface area (Å²) in [6.45, 7) is 2.35. The van der Waals surface area contributed by atoms with Gasteiger partial charge in [0.1, 0.15) is 12.4 Å². The van der Waals surface area contributed by atoms with Gasteiger partial charge in [0.2, 0.25) is 11.8 Å². The number of carbonyl (C=O) groups is 2. The van der Waals surface area contributed by atoms with Crippen LogP contribution in [0.1, 0.15) is 29.5 Å². The maximum atomic E-state index is 12.0. The van der Waals surface area contributed by atoms with E-state index in [2.05, 4.69) is 31.8 Å². The molecule has 0 atom stereocenters. The van der Waals surface area contributed by atoms with Crippen molar-refractivity contribution < 1.29 is 14.3 Å². The van der Waals surface area contributed by atoms with E-state index in [1.807, 2.05) is 61.5 Å². The average molecular weight is 529 g/mol. The Hall–Kier alpha value is -3.16. The number of halogens is 2. The highest BCUT2D eigenvalue weighted by Crippen LogP contribution is 2.26. The van der Waals surface area contributed by atoms with Crippen LogP contribution in [0.25, 0.3) is 0 Å². The van der Waals surface area contributed by atoms with Crippen LogP contribution >= 0.6 is 27.5 Å². The Balaban J connectivity index is 1.42. The molecule has 3 rings (SSSR count). The minimum Gasteiger partial charge on any atom is -0.488 e. The largest absolute Gasteiger partial charge is 0.488 e. The summed E-state index contributed by atoms with van der Waals surface area (Å²) in [4.78, 5) is 24.0. The Bertz CT molecular complexity index is 1150. The summed E-state index contributed by atoms with van der Waals surface area (Å²) in [6.07, 6.45) is 1.57. The Morgan fingerprint density at radius 1 is 1.03 bits per heavy atom. The molecule has 2 N–H and O–H groups in total. The second-order valence-electron chi connectivity index (χ2n) is 7.27. The van der Waals surface area contributed by atoms with E-state index >= 15 is 0 Å². The van der Waals surface area contributed by atoms with Crippen molar-refractivity contribution in [3.63, 3.8) is 0 Å². The van der Waals surface area contributed by atoms with Crippen molar-refractivity contribution >= 4 is 51.2 Å². The van der Waals surface area contributed by atoms with Gasteiger partial charge < -0.3 is 10.1 Å². The van der Waals surface area contributed by atoms with Gasteiger partial charge in [0.25, 0.3) is 0 Å². The zero-order valence-corrected chi connectivity index (χ0v) is 20.3. The van der Waals surface area contributed by atoms with E-state index in [4.69, 9.17) is 16.3 Å². The number of hydrazone groups is 1. The van der Waals surface area contributed by atoms with Gasteiger partial charge in [-0.1, -0.05) is 48.0 Å². The molecule has 0 aromatic heterocycles. The van der Waals surface area contributed by atoms with Gasteiger partial charge in [-0.15, -0.1) is 0 Å². The number of hydrogen-bond acceptors (Lipinski definition) is 4. The minimum atomic E-state index is -0.356. The van der Waals surface area contributed by atoms with E-state index in [0.717, 1.165) is 21.2 Å². The smallest absolute Gasteiger partial charge is 0.240 e. The molecule has 2 amide bonds. The summed E-state index contributed by atoms with van der Waals surface area (Å²) in [7, 11) is 0. The minimum absolute atomic E-state index is 0.0126. The summed E-state index contributed by atoms with van der Waals surface area (Å²) in [6, 6.07) is 20.7. The lowest BCUT2D eigenvalue weighted by Crippen LogP contribution is -2.20. The SMILES string of the molecule is Cc1ccc(NC(=O)CCC(=O)NN=Cc2ccc(OCc3ccccc3)c(Br)c2)cc1Cl. The normalized spacial score (nSPS) is 10.8. The fourth-order valence-corrected chi connectivity index (χ4v) is 3.50. The number of nitrogens with one attached hydrogen (secondary N) is 2. The molecule has 33 heavy (non-hydrogen) atoms. The summed E-state index contributed by atoms with van der Waals surface area (Å²) in [5, 5.41) is 7.25. The first-order valence-corrected chi connectivity index (χ1v) is 11.4. The quantitative estimate of drug-likeness (QED) is 0.270. The number of aryl methyl sites for hydroxylation is 1. The molecule has 0 aliphatic heterocycles. The summed E-state index contributed by atoms with van der Waals surface area (Å²) >= 11 is 9.54. The predicted octanol–water partition coefficient (Wildman–Crippen LogP) is 5.86. The van der Waals surface area contributed by atoms with Crippen LogP contribution < -0.4 is 15.5 Å². The van der Waals surface area contributed by atoms with Crippen molar-refractivity contribution in [3.8, 4) is 5.75 Å². The van der Waals surface area contributed by atoms with Gasteiger partial charge >= 0.3 is 0 Å². The lowest BCUT2D eigenvalue weighted by atomic mass is 10.2. The van der Waals surface area contributed by atoms with Gasteiger partial charge in [0.05, 0.1) is 10.7 Å². The number of rotatable bonds is 9. The zero-order valence-electron chi connectivity index (χ0n) is 18.0. The van der Waals surface area contributed by atoms with Crippen LogP contribution in [0.3, 0.4) is 0 Å². The number of hydrogen-bond donors (Lipinski definition) is 2. The molecule has 3 aromatic carbocycles. The Morgan fingerprint density at radius 3 is 2.52 bits per heavy atom. The molecule has 0 saturated heterocycles. The molecule has 0 fully saturated rings. The molecule has 0 radical (unpaired) electrons. The molecule has 0 aliphatic rings. The fourth-order valence-electron chi connectivity index (χ4n) is 2.81. The molecular weight excluding hydrogens is 506 g/mol. The van der Waals surface area contributed by atoms with Crippen LogP contribution in [0.4, 0.5) is 5.69 Å². The van der Waals surface area contributed by atoms with Crippen LogP contribution in [0.5, 0.6) is 5.75 Å². The Morgan fingerprint density at radius 2 is 1.79 bits per heavy atom. The number of amides is 2. The molecule has 0 saturated carbocycles. The van der Waals surface area contributed by atoms with Gasteiger partial charge in [-0.2, -0.15) is 5.10 Å². The van der Waals surface area contributed by atoms with Gasteiger partial charge in [0.15, 0.2) is 0 Å². The highest BCUT2D eigenvalue weighted by molar-refractivity contribution is 9.10. The van der Waals surface area contributed by atoms with Crippen molar-refractivity contribution in [1.82, 2.24) is 5.43 Å². The first-order chi connectivity index (χ1) is 15.9. The van der Waals surface area contributed by atoms with Crippen LogP contribution in [-0.4, -0.2) is 18.0 Å². The van der Waals surface area contributed by atoms with Gasteiger partial charge in [-0.25, -0.2) is 5.43 Å². The molecule has 170 valence electrons. The highest BCUT2D eigenvalue weighted by Gasteiger charge is 2.08. The topological polar surface area (TPSA) is 79.8 Å². The van der Waals surface area contributed by atoms with Crippen LogP contribution in [-0.2, 0) is 16.2 Å². The van der Waals surface area contributed by atoms with Crippen molar-refractivity contribution in [3.05, 3.63) is 92.9 Å². The molecule has 0 heterocycles. The third-order valence-electron chi connectivity index (χ3n) is 4.63. The van der Waals surface area contributed by atoms with E-state index in [1.165, 1.54) is 6.21 Å². The standard InChI is InChI=1S/C25H23BrClN3O3/c1-17-7-9-20(14-22(17)27)29-24(31)11-12-25(32)30-28-15-19-8-10-23(21(26)13-19)33-16-18-5-3-2-4-6-18/h2-10,13-15H,11-12,16H2,1H3,(H,29,31)(H,30,32). The van der Waals surface area contributed by atoms with E-state index in [1.54, 1.807) is 12.1 Å². The van der Waals surface area contributed by atoms with E-state index in [-0.39, 0.29) is 24.7 Å². The van der Waals surface area contributed by atoms with Gasteiger partial charge in [-0.05, 0) is 69.9 Å². The second kappa shape index (κ2) is 12.2. The van der Waals surface area contributed by atoms with Crippen molar-refractivity contribution in [1.29, 1.82) is 0 Å². The monoisotopic (exact) mass is 527 g/mol. The van der Waals surface area contributed by atoms with E-state index < -0.39 is 0 Å². The van der Waals surface area contributed by atoms with Crippen molar-refractivity contribution in [2.24, 2.45) is 5.10 Å². The molecular formula is C25H23BrClN3O3. The summed E-state index contributed by atoms with van der Waals surface area (Å²) in [5.41, 5.74) is 5.81.